The van der Waals surface area contributed by atoms with E-state index in [-0.39, 0.29) is 5.91 Å². The zero-order valence-electron chi connectivity index (χ0n) is 10.3. The Balaban J connectivity index is 2.29. The third kappa shape index (κ3) is 5.36. The minimum Gasteiger partial charge on any atom is -0.383 e. The van der Waals surface area contributed by atoms with E-state index in [1.54, 1.807) is 7.11 Å². The van der Waals surface area contributed by atoms with Gasteiger partial charge in [-0.15, -0.1) is 11.3 Å². The number of halogens is 2. The van der Waals surface area contributed by atoms with Crippen LogP contribution in [0, 0.1) is 0 Å². The second-order valence-corrected chi connectivity index (χ2v) is 7.01. The molecule has 18 heavy (non-hydrogen) atoms. The molecule has 0 saturated heterocycles. The molecule has 1 heterocycles. The Kier molecular flexibility index (Phi) is 7.40. The molecule has 1 aromatic rings. The maximum atomic E-state index is 11.8. The molecule has 0 aromatic carbocycles. The van der Waals surface area contributed by atoms with Gasteiger partial charge in [0, 0.05) is 31.2 Å². The summed E-state index contributed by atoms with van der Waals surface area (Å²) >= 11 is 8.16. The molecule has 0 spiro atoms. The van der Waals surface area contributed by atoms with Crippen LogP contribution >= 0.6 is 43.2 Å². The summed E-state index contributed by atoms with van der Waals surface area (Å²) in [5.74, 6) is -0.0356. The molecule has 0 saturated carbocycles. The maximum Gasteiger partial charge on any atom is 0.261 e. The first-order valence-corrected chi connectivity index (χ1v) is 7.85. The van der Waals surface area contributed by atoms with Gasteiger partial charge >= 0.3 is 0 Å². The smallest absolute Gasteiger partial charge is 0.261 e. The monoisotopic (exact) mass is 398 g/mol. The fourth-order valence-electron chi connectivity index (χ4n) is 1.26. The van der Waals surface area contributed by atoms with Crippen molar-refractivity contribution in [3.8, 4) is 0 Å². The molecule has 0 fully saturated rings. The molecule has 1 N–H and O–H groups in total. The second kappa shape index (κ2) is 8.27. The fraction of sp³-hybridized carbons (Fsp3) is 0.545. The number of hydrogen-bond acceptors (Lipinski definition) is 4. The molecule has 4 nitrogen and oxygen atoms in total. The van der Waals surface area contributed by atoms with Crippen LogP contribution in [-0.4, -0.2) is 51.2 Å². The molecule has 1 amide bonds. The lowest BCUT2D eigenvalue weighted by atomic mass is 10.4. The molecule has 7 heteroatoms. The van der Waals surface area contributed by atoms with Crippen molar-refractivity contribution in [2.24, 2.45) is 0 Å². The molecule has 0 bridgehead atoms. The van der Waals surface area contributed by atoms with Crippen molar-refractivity contribution >= 4 is 49.1 Å². The molecule has 1 aromatic heterocycles. The van der Waals surface area contributed by atoms with Crippen LogP contribution in [-0.2, 0) is 4.74 Å². The van der Waals surface area contributed by atoms with Gasteiger partial charge in [-0.3, -0.25) is 4.79 Å². The first-order valence-electron chi connectivity index (χ1n) is 5.45. The van der Waals surface area contributed by atoms with Crippen molar-refractivity contribution in [2.75, 3.05) is 40.4 Å². The number of rotatable bonds is 7. The minimum atomic E-state index is -0.0356. The third-order valence-electron chi connectivity index (χ3n) is 2.33. The average Bonchev–Trinajstić information content (AvgIpc) is 2.67. The molecule has 102 valence electrons. The van der Waals surface area contributed by atoms with Crippen molar-refractivity contribution in [1.82, 2.24) is 10.2 Å². The lowest BCUT2D eigenvalue weighted by molar-refractivity contribution is 0.0951. The number of nitrogens with zero attached hydrogens (tertiary/aromatic N) is 1. The number of likely N-dealkylation sites (N-methyl/N-ethyl adjacent to an activating group) is 1. The summed E-state index contributed by atoms with van der Waals surface area (Å²) in [5, 5.41) is 2.89. The van der Waals surface area contributed by atoms with E-state index in [4.69, 9.17) is 4.74 Å². The van der Waals surface area contributed by atoms with E-state index in [1.807, 2.05) is 13.1 Å². The van der Waals surface area contributed by atoms with Crippen molar-refractivity contribution in [2.45, 2.75) is 0 Å². The largest absolute Gasteiger partial charge is 0.383 e. The average molecular weight is 400 g/mol. The van der Waals surface area contributed by atoms with Gasteiger partial charge in [-0.25, -0.2) is 0 Å². The van der Waals surface area contributed by atoms with E-state index in [0.29, 0.717) is 18.0 Å². The predicted molar refractivity (Wildman–Crippen MR) is 81.4 cm³/mol. The molecular formula is C11H16Br2N2O2S. The zero-order valence-corrected chi connectivity index (χ0v) is 14.3. The Labute approximate surface area is 128 Å². The maximum absolute atomic E-state index is 11.8. The first-order chi connectivity index (χ1) is 8.54. The van der Waals surface area contributed by atoms with Gasteiger partial charge in [0.15, 0.2) is 0 Å². The summed E-state index contributed by atoms with van der Waals surface area (Å²) in [7, 11) is 3.69. The number of ether oxygens (including phenoxy) is 1. The molecule has 0 unspecified atom stereocenters. The number of hydrogen-bond donors (Lipinski definition) is 1. The molecule has 0 atom stereocenters. The van der Waals surface area contributed by atoms with Gasteiger partial charge in [-0.2, -0.15) is 0 Å². The van der Waals surface area contributed by atoms with E-state index in [9.17, 15) is 4.79 Å². The Morgan fingerprint density at radius 3 is 2.78 bits per heavy atom. The third-order valence-corrected chi connectivity index (χ3v) is 5.58. The second-order valence-electron chi connectivity index (χ2n) is 3.78. The van der Waals surface area contributed by atoms with Crippen LogP contribution in [0.25, 0.3) is 0 Å². The van der Waals surface area contributed by atoms with E-state index < -0.39 is 0 Å². The van der Waals surface area contributed by atoms with Crippen molar-refractivity contribution in [3.63, 3.8) is 0 Å². The van der Waals surface area contributed by atoms with Crippen LogP contribution in [0.5, 0.6) is 0 Å². The summed E-state index contributed by atoms with van der Waals surface area (Å²) in [4.78, 5) is 14.6. The van der Waals surface area contributed by atoms with E-state index >= 15 is 0 Å². The molecule has 0 aliphatic heterocycles. The van der Waals surface area contributed by atoms with Crippen molar-refractivity contribution < 1.29 is 9.53 Å². The van der Waals surface area contributed by atoms with Crippen LogP contribution in [0.4, 0.5) is 0 Å². The lowest BCUT2D eigenvalue weighted by Crippen LogP contribution is -2.34. The van der Waals surface area contributed by atoms with Crippen molar-refractivity contribution in [3.05, 3.63) is 19.2 Å². The number of nitrogens with one attached hydrogen (secondary N) is 1. The number of methoxy groups -OCH3 is 1. The summed E-state index contributed by atoms with van der Waals surface area (Å²) in [6, 6.07) is 1.82. The zero-order chi connectivity index (χ0) is 13.5. The summed E-state index contributed by atoms with van der Waals surface area (Å²) in [6.45, 7) is 3.01. The van der Waals surface area contributed by atoms with Crippen LogP contribution in [0.1, 0.15) is 9.67 Å². The molecule has 0 radical (unpaired) electrons. The van der Waals surface area contributed by atoms with Gasteiger partial charge in [0.25, 0.3) is 5.91 Å². The van der Waals surface area contributed by atoms with Gasteiger partial charge in [-0.05, 0) is 45.0 Å². The van der Waals surface area contributed by atoms with E-state index in [2.05, 4.69) is 42.1 Å². The normalized spacial score (nSPS) is 10.9. The Morgan fingerprint density at radius 1 is 1.50 bits per heavy atom. The summed E-state index contributed by atoms with van der Waals surface area (Å²) < 4.78 is 6.83. The van der Waals surface area contributed by atoms with E-state index in [0.717, 1.165) is 21.3 Å². The summed E-state index contributed by atoms with van der Waals surface area (Å²) in [6.07, 6.45) is 0. The lowest BCUT2D eigenvalue weighted by Gasteiger charge is -2.15. The molecule has 0 aliphatic carbocycles. The quantitative estimate of drug-likeness (QED) is 0.766. The van der Waals surface area contributed by atoms with Crippen LogP contribution in [0.2, 0.25) is 0 Å². The fourth-order valence-corrected chi connectivity index (χ4v) is 3.22. The highest BCUT2D eigenvalue weighted by atomic mass is 79.9. The number of thiophene rings is 1. The van der Waals surface area contributed by atoms with Gasteiger partial charge in [-0.1, -0.05) is 0 Å². The van der Waals surface area contributed by atoms with Gasteiger partial charge < -0.3 is 15.0 Å². The molecule has 1 rings (SSSR count). The van der Waals surface area contributed by atoms with E-state index in [1.165, 1.54) is 11.3 Å². The molecule has 0 aliphatic rings. The van der Waals surface area contributed by atoms with Crippen LogP contribution in [0.15, 0.2) is 14.3 Å². The SMILES string of the molecule is COCCN(C)CCNC(=O)c1cc(Br)c(Br)s1. The highest BCUT2D eigenvalue weighted by Gasteiger charge is 2.11. The number of amides is 1. The number of carbonyl (C=O) groups is 1. The highest BCUT2D eigenvalue weighted by Crippen LogP contribution is 2.32. The Bertz CT molecular complexity index is 379. The Hall–Kier alpha value is 0.0500. The highest BCUT2D eigenvalue weighted by molar-refractivity contribution is 9.13. The van der Waals surface area contributed by atoms with Crippen LogP contribution < -0.4 is 5.32 Å². The topological polar surface area (TPSA) is 41.6 Å². The number of carbonyl (C=O) groups excluding carboxylic acids is 1. The standard InChI is InChI=1S/C11H16Br2N2O2S/c1-15(5-6-17-2)4-3-14-11(16)9-7-8(12)10(13)18-9/h7H,3-6H2,1-2H3,(H,14,16). The van der Waals surface area contributed by atoms with Gasteiger partial charge in [0.2, 0.25) is 0 Å². The van der Waals surface area contributed by atoms with Crippen molar-refractivity contribution in [1.29, 1.82) is 0 Å². The molecular weight excluding hydrogens is 384 g/mol. The summed E-state index contributed by atoms with van der Waals surface area (Å²) in [5.41, 5.74) is 0. The van der Waals surface area contributed by atoms with Crippen LogP contribution in [0.3, 0.4) is 0 Å². The minimum absolute atomic E-state index is 0.0356. The Morgan fingerprint density at radius 2 is 2.22 bits per heavy atom. The first kappa shape index (κ1) is 16.1. The van der Waals surface area contributed by atoms with Gasteiger partial charge in [0.1, 0.15) is 0 Å². The predicted octanol–water partition coefficient (Wildman–Crippen LogP) is 2.58. The van der Waals surface area contributed by atoms with Gasteiger partial charge in [0.05, 0.1) is 15.3 Å².